The van der Waals surface area contributed by atoms with Crippen LogP contribution >= 0.6 is 0 Å². The Morgan fingerprint density at radius 2 is 1.87 bits per heavy atom. The van der Waals surface area contributed by atoms with Crippen LogP contribution in [-0.2, 0) is 11.2 Å². The van der Waals surface area contributed by atoms with Gasteiger partial charge in [-0.3, -0.25) is 4.79 Å². The van der Waals surface area contributed by atoms with Crippen molar-refractivity contribution in [1.82, 2.24) is 5.32 Å². The molecule has 0 aromatic heterocycles. The number of hydrogen-bond acceptors (Lipinski definition) is 3. The highest BCUT2D eigenvalue weighted by molar-refractivity contribution is 5.78. The van der Waals surface area contributed by atoms with Crippen LogP contribution in [0.4, 0.5) is 8.78 Å². The highest BCUT2D eigenvalue weighted by atomic mass is 19.1. The summed E-state index contributed by atoms with van der Waals surface area (Å²) in [6, 6.07) is 10.4. The van der Waals surface area contributed by atoms with Gasteiger partial charge in [0.2, 0.25) is 5.91 Å². The minimum atomic E-state index is -0.513. The van der Waals surface area contributed by atoms with Gasteiger partial charge in [0.25, 0.3) is 0 Å². The Morgan fingerprint density at radius 3 is 2.57 bits per heavy atom. The summed E-state index contributed by atoms with van der Waals surface area (Å²) < 4.78 is 36.9. The van der Waals surface area contributed by atoms with E-state index in [0.717, 1.165) is 0 Å². The molecule has 122 valence electrons. The number of carbonyl (C=O) groups is 1. The number of nitrogens with one attached hydrogen (secondary N) is 1. The summed E-state index contributed by atoms with van der Waals surface area (Å²) in [7, 11) is 1.38. The van der Waals surface area contributed by atoms with Crippen LogP contribution < -0.4 is 14.8 Å². The van der Waals surface area contributed by atoms with Crippen molar-refractivity contribution in [2.24, 2.45) is 0 Å². The van der Waals surface area contributed by atoms with Crippen molar-refractivity contribution in [2.45, 2.75) is 6.42 Å². The molecule has 2 aromatic carbocycles. The monoisotopic (exact) mass is 321 g/mol. The lowest BCUT2D eigenvalue weighted by Gasteiger charge is -2.09. The molecule has 0 atom stereocenters. The number of benzene rings is 2. The molecule has 6 heteroatoms. The number of para-hydroxylation sites is 1. The third kappa shape index (κ3) is 4.95. The number of halogens is 2. The fourth-order valence-corrected chi connectivity index (χ4v) is 1.98. The van der Waals surface area contributed by atoms with Gasteiger partial charge in [-0.05, 0) is 29.8 Å². The lowest BCUT2D eigenvalue weighted by atomic mass is 10.1. The van der Waals surface area contributed by atoms with Gasteiger partial charge in [0.05, 0.1) is 20.1 Å². The molecular weight excluding hydrogens is 304 g/mol. The number of hydrogen-bond donors (Lipinski definition) is 1. The largest absolute Gasteiger partial charge is 0.494 e. The summed E-state index contributed by atoms with van der Waals surface area (Å²) in [6.45, 7) is 0.370. The van der Waals surface area contributed by atoms with Crippen molar-refractivity contribution in [3.63, 3.8) is 0 Å². The van der Waals surface area contributed by atoms with Crippen LogP contribution in [0.2, 0.25) is 0 Å². The normalized spacial score (nSPS) is 10.2. The summed E-state index contributed by atoms with van der Waals surface area (Å²) >= 11 is 0. The summed E-state index contributed by atoms with van der Waals surface area (Å²) in [5, 5.41) is 2.63. The first-order valence-corrected chi connectivity index (χ1v) is 7.06. The molecule has 0 saturated carbocycles. The third-order valence-electron chi connectivity index (χ3n) is 3.10. The number of carbonyl (C=O) groups excluding carboxylic acids is 1. The van der Waals surface area contributed by atoms with E-state index in [4.69, 9.17) is 9.47 Å². The van der Waals surface area contributed by atoms with Crippen molar-refractivity contribution in [3.05, 3.63) is 59.7 Å². The van der Waals surface area contributed by atoms with Gasteiger partial charge in [0.1, 0.15) is 6.61 Å². The first-order chi connectivity index (χ1) is 11.1. The molecule has 0 saturated heterocycles. The van der Waals surface area contributed by atoms with Crippen LogP contribution in [0.3, 0.4) is 0 Å². The fraction of sp³-hybridized carbons (Fsp3) is 0.235. The van der Waals surface area contributed by atoms with Gasteiger partial charge in [0, 0.05) is 0 Å². The Bertz CT molecular complexity index is 677. The van der Waals surface area contributed by atoms with Crippen molar-refractivity contribution < 1.29 is 23.0 Å². The molecule has 0 unspecified atom stereocenters. The van der Waals surface area contributed by atoms with Gasteiger partial charge in [0.15, 0.2) is 23.1 Å². The van der Waals surface area contributed by atoms with E-state index in [-0.39, 0.29) is 37.0 Å². The number of methoxy groups -OCH3 is 1. The van der Waals surface area contributed by atoms with Crippen molar-refractivity contribution in [2.75, 3.05) is 20.3 Å². The van der Waals surface area contributed by atoms with E-state index in [1.807, 2.05) is 0 Å². The predicted octanol–water partition coefficient (Wildman–Crippen LogP) is 2.71. The smallest absolute Gasteiger partial charge is 0.224 e. The lowest BCUT2D eigenvalue weighted by molar-refractivity contribution is -0.120. The highest BCUT2D eigenvalue weighted by Crippen LogP contribution is 2.18. The van der Waals surface area contributed by atoms with E-state index in [2.05, 4.69) is 5.32 Å². The fourth-order valence-electron chi connectivity index (χ4n) is 1.98. The third-order valence-corrected chi connectivity index (χ3v) is 3.10. The number of ether oxygens (including phenoxy) is 2. The SMILES string of the molecule is COc1ccc(CC(=O)NCCOc2ccccc2F)cc1F. The van der Waals surface area contributed by atoms with Crippen LogP contribution in [-0.4, -0.2) is 26.2 Å². The first kappa shape index (κ1) is 16.7. The molecule has 0 spiro atoms. The Balaban J connectivity index is 1.75. The van der Waals surface area contributed by atoms with E-state index in [0.29, 0.717) is 5.56 Å². The Hall–Kier alpha value is -2.63. The van der Waals surface area contributed by atoms with E-state index in [9.17, 15) is 13.6 Å². The second-order valence-corrected chi connectivity index (χ2v) is 4.77. The molecule has 0 heterocycles. The number of rotatable bonds is 7. The molecule has 0 bridgehead atoms. The molecule has 4 nitrogen and oxygen atoms in total. The minimum absolute atomic E-state index is 0.0423. The van der Waals surface area contributed by atoms with E-state index in [1.54, 1.807) is 18.2 Å². The van der Waals surface area contributed by atoms with Crippen LogP contribution in [0.5, 0.6) is 11.5 Å². The van der Waals surface area contributed by atoms with Crippen LogP contribution in [0.25, 0.3) is 0 Å². The molecule has 0 aliphatic rings. The summed E-state index contributed by atoms with van der Waals surface area (Å²) in [6.07, 6.45) is 0.0423. The molecule has 2 aromatic rings. The maximum Gasteiger partial charge on any atom is 0.224 e. The molecular formula is C17H17F2NO3. The van der Waals surface area contributed by atoms with Gasteiger partial charge in [-0.1, -0.05) is 18.2 Å². The molecule has 1 N–H and O–H groups in total. The summed E-state index contributed by atoms with van der Waals surface area (Å²) in [4.78, 5) is 11.8. The Kier molecular flexibility index (Phi) is 5.91. The van der Waals surface area contributed by atoms with Gasteiger partial charge < -0.3 is 14.8 Å². The molecule has 2 rings (SSSR count). The van der Waals surface area contributed by atoms with Crippen molar-refractivity contribution in [1.29, 1.82) is 0 Å². The maximum atomic E-state index is 13.5. The zero-order chi connectivity index (χ0) is 16.7. The zero-order valence-corrected chi connectivity index (χ0v) is 12.6. The molecule has 1 amide bonds. The average molecular weight is 321 g/mol. The Morgan fingerprint density at radius 1 is 1.09 bits per heavy atom. The van der Waals surface area contributed by atoms with E-state index in [1.165, 1.54) is 31.4 Å². The molecule has 23 heavy (non-hydrogen) atoms. The van der Waals surface area contributed by atoms with Gasteiger partial charge >= 0.3 is 0 Å². The zero-order valence-electron chi connectivity index (χ0n) is 12.6. The minimum Gasteiger partial charge on any atom is -0.494 e. The van der Waals surface area contributed by atoms with Gasteiger partial charge in [-0.15, -0.1) is 0 Å². The molecule has 0 radical (unpaired) electrons. The lowest BCUT2D eigenvalue weighted by Crippen LogP contribution is -2.29. The summed E-state index contributed by atoms with van der Waals surface area (Å²) in [5.74, 6) is -0.966. The van der Waals surface area contributed by atoms with Crippen molar-refractivity contribution in [3.8, 4) is 11.5 Å². The van der Waals surface area contributed by atoms with Gasteiger partial charge in [-0.2, -0.15) is 0 Å². The highest BCUT2D eigenvalue weighted by Gasteiger charge is 2.08. The number of amides is 1. The summed E-state index contributed by atoms with van der Waals surface area (Å²) in [5.41, 5.74) is 0.538. The first-order valence-electron chi connectivity index (χ1n) is 7.06. The van der Waals surface area contributed by atoms with Gasteiger partial charge in [-0.25, -0.2) is 8.78 Å². The second-order valence-electron chi connectivity index (χ2n) is 4.77. The van der Waals surface area contributed by atoms with E-state index >= 15 is 0 Å². The van der Waals surface area contributed by atoms with Crippen molar-refractivity contribution >= 4 is 5.91 Å². The topological polar surface area (TPSA) is 47.6 Å². The second kappa shape index (κ2) is 8.12. The molecule has 0 aliphatic carbocycles. The van der Waals surface area contributed by atoms with E-state index < -0.39 is 11.6 Å². The van der Waals surface area contributed by atoms with Crippen LogP contribution in [0.1, 0.15) is 5.56 Å². The molecule has 0 fully saturated rings. The quantitative estimate of drug-likeness (QED) is 0.798. The molecule has 0 aliphatic heterocycles. The predicted molar refractivity (Wildman–Crippen MR) is 81.6 cm³/mol. The average Bonchev–Trinajstić information content (AvgIpc) is 2.53. The van der Waals surface area contributed by atoms with Crippen LogP contribution in [0.15, 0.2) is 42.5 Å². The maximum absolute atomic E-state index is 13.5. The van der Waals surface area contributed by atoms with Crippen LogP contribution in [0, 0.1) is 11.6 Å². The Labute approximate surface area is 133 Å². The standard InChI is InChI=1S/C17H17F2NO3/c1-22-15-7-6-12(10-14(15)19)11-17(21)20-8-9-23-16-5-3-2-4-13(16)18/h2-7,10H,8-9,11H2,1H3,(H,20,21).